The zero-order valence-electron chi connectivity index (χ0n) is 23.6. The van der Waals surface area contributed by atoms with Crippen LogP contribution in [0, 0.1) is 23.7 Å². The number of fused-ring (bicyclic) bond motifs is 3. The highest BCUT2D eigenvalue weighted by Crippen LogP contribution is 2.52. The van der Waals surface area contributed by atoms with E-state index in [1.165, 1.54) is 4.90 Å². The number of nitrogens with one attached hydrogen (secondary N) is 1. The standard InChI is InChI=1S/C28H37N5O8/c1-32(2)16-10-13(11-31-7-5-6-17(29)34)22(35)19-14(16)8-12-9-15-21(33(3)4)24(37)20(27(30)40)26(39)28(15,41)25(38)18(12)23(19)36/h10,12,15,18,20-21,31,35,41H,5-9,11H2,1-4H3,(H2,29,34)(H2,30,40)/t12-,15-,18?,20?,21-,28-/m0/s1. The Balaban J connectivity index is 1.77. The third kappa shape index (κ3) is 4.81. The molecule has 13 nitrogen and oxygen atoms in total. The van der Waals surface area contributed by atoms with E-state index >= 15 is 0 Å². The Morgan fingerprint density at radius 2 is 1.76 bits per heavy atom. The lowest BCUT2D eigenvalue weighted by Crippen LogP contribution is -2.74. The number of likely N-dealkylation sites (N-methyl/N-ethyl adjacent to an activating group) is 1. The van der Waals surface area contributed by atoms with E-state index in [2.05, 4.69) is 5.32 Å². The largest absolute Gasteiger partial charge is 0.507 e. The number of hydrogen-bond donors (Lipinski definition) is 5. The van der Waals surface area contributed by atoms with Gasteiger partial charge in [0.2, 0.25) is 11.8 Å². The fourth-order valence-corrected chi connectivity index (χ4v) is 6.85. The average Bonchev–Trinajstić information content (AvgIpc) is 2.86. The number of aliphatic hydroxyl groups is 1. The van der Waals surface area contributed by atoms with Crippen LogP contribution in [-0.2, 0) is 36.9 Å². The van der Waals surface area contributed by atoms with Crippen LogP contribution in [0.5, 0.6) is 5.75 Å². The van der Waals surface area contributed by atoms with Crippen LogP contribution in [0.25, 0.3) is 0 Å². The summed E-state index contributed by atoms with van der Waals surface area (Å²) in [5.74, 6) is -11.2. The number of aromatic hydroxyl groups is 1. The van der Waals surface area contributed by atoms with Crippen LogP contribution >= 0.6 is 0 Å². The average molecular weight is 572 g/mol. The summed E-state index contributed by atoms with van der Waals surface area (Å²) in [5, 5.41) is 26.1. The second kappa shape index (κ2) is 11.0. The van der Waals surface area contributed by atoms with E-state index in [1.54, 1.807) is 39.2 Å². The second-order valence-corrected chi connectivity index (χ2v) is 11.7. The van der Waals surface area contributed by atoms with E-state index in [0.717, 1.165) is 0 Å². The van der Waals surface area contributed by atoms with Crippen LogP contribution in [0.15, 0.2) is 6.07 Å². The molecule has 0 spiro atoms. The summed E-state index contributed by atoms with van der Waals surface area (Å²) in [4.78, 5) is 81.0. The van der Waals surface area contributed by atoms with Crippen molar-refractivity contribution in [2.75, 3.05) is 39.6 Å². The number of nitrogens with zero attached hydrogens (tertiary/aromatic N) is 2. The van der Waals surface area contributed by atoms with Gasteiger partial charge >= 0.3 is 0 Å². The van der Waals surface area contributed by atoms with Crippen molar-refractivity contribution in [1.82, 2.24) is 10.2 Å². The van der Waals surface area contributed by atoms with Gasteiger partial charge in [-0.25, -0.2) is 0 Å². The first kappa shape index (κ1) is 30.3. The molecular formula is C28H37N5O8. The van der Waals surface area contributed by atoms with Gasteiger partial charge in [-0.15, -0.1) is 0 Å². The highest BCUT2D eigenvalue weighted by molar-refractivity contribution is 6.32. The molecule has 3 aliphatic rings. The van der Waals surface area contributed by atoms with Crippen LogP contribution in [-0.4, -0.2) is 96.4 Å². The molecule has 2 fully saturated rings. The number of nitrogens with two attached hydrogens (primary N) is 2. The maximum Gasteiger partial charge on any atom is 0.235 e. The molecule has 13 heteroatoms. The summed E-state index contributed by atoms with van der Waals surface area (Å²) in [5.41, 5.74) is 9.27. The van der Waals surface area contributed by atoms with Crippen LogP contribution < -0.4 is 21.7 Å². The first-order valence-electron chi connectivity index (χ1n) is 13.5. The molecule has 2 amide bonds. The number of amides is 2. The maximum absolute atomic E-state index is 14.0. The molecule has 0 saturated heterocycles. The number of primary amides is 2. The molecule has 0 aliphatic heterocycles. The lowest BCUT2D eigenvalue weighted by atomic mass is 9.52. The molecule has 1 aromatic carbocycles. The van der Waals surface area contributed by atoms with Gasteiger partial charge in [-0.3, -0.25) is 33.7 Å². The number of benzene rings is 1. The molecule has 222 valence electrons. The number of phenols is 1. The number of hydrogen-bond acceptors (Lipinski definition) is 11. The minimum atomic E-state index is -2.77. The lowest BCUT2D eigenvalue weighted by Gasteiger charge is -2.52. The zero-order chi connectivity index (χ0) is 30.5. The van der Waals surface area contributed by atoms with Gasteiger partial charge in [-0.05, 0) is 57.5 Å². The van der Waals surface area contributed by atoms with E-state index < -0.39 is 70.3 Å². The fourth-order valence-electron chi connectivity index (χ4n) is 6.85. The van der Waals surface area contributed by atoms with E-state index in [0.29, 0.717) is 29.8 Å². The molecule has 0 aromatic heterocycles. The molecule has 0 bridgehead atoms. The predicted octanol–water partition coefficient (Wildman–Crippen LogP) is -1.71. The molecular weight excluding hydrogens is 534 g/mol. The van der Waals surface area contributed by atoms with Crippen molar-refractivity contribution in [2.24, 2.45) is 35.1 Å². The second-order valence-electron chi connectivity index (χ2n) is 11.7. The number of ketones is 4. The van der Waals surface area contributed by atoms with Crippen molar-refractivity contribution in [3.05, 3.63) is 22.8 Å². The van der Waals surface area contributed by atoms with Crippen molar-refractivity contribution in [2.45, 2.75) is 43.9 Å². The molecule has 1 aromatic rings. The Bertz CT molecular complexity index is 1340. The van der Waals surface area contributed by atoms with E-state index in [1.807, 2.05) is 0 Å². The summed E-state index contributed by atoms with van der Waals surface area (Å²) in [7, 11) is 6.64. The topological polar surface area (TPSA) is 213 Å². The van der Waals surface area contributed by atoms with Gasteiger partial charge in [0.05, 0.1) is 17.5 Å². The number of rotatable bonds is 9. The number of carbonyl (C=O) groups excluding carboxylic acids is 6. The fraction of sp³-hybridized carbons (Fsp3) is 0.571. The van der Waals surface area contributed by atoms with E-state index in [4.69, 9.17) is 11.5 Å². The van der Waals surface area contributed by atoms with Crippen LogP contribution in [0.2, 0.25) is 0 Å². The highest BCUT2D eigenvalue weighted by atomic mass is 16.3. The van der Waals surface area contributed by atoms with E-state index in [9.17, 15) is 39.0 Å². The van der Waals surface area contributed by atoms with Gasteiger partial charge in [-0.2, -0.15) is 0 Å². The predicted molar refractivity (Wildman–Crippen MR) is 146 cm³/mol. The molecule has 41 heavy (non-hydrogen) atoms. The number of phenolic OH excluding ortho intramolecular Hbond substituents is 1. The van der Waals surface area contributed by atoms with Gasteiger partial charge in [0.1, 0.15) is 5.75 Å². The number of Topliss-reactive ketones (excluding diaryl/α,β-unsaturated/α-hetero) is 4. The SMILES string of the molecule is CN(C)c1cc(CNCCCC(N)=O)c(O)c2c1C[C@H]1C[C@H]3[C@H](N(C)C)C(=O)C(C(N)=O)C(=O)[C@@]3(O)C(=O)C1C2=O. The maximum atomic E-state index is 14.0. The number of carbonyl (C=O) groups is 6. The normalized spacial score (nSPS) is 29.2. The Labute approximate surface area is 237 Å². The number of anilines is 1. The van der Waals surface area contributed by atoms with Gasteiger partial charge in [0.25, 0.3) is 0 Å². The van der Waals surface area contributed by atoms with Gasteiger partial charge in [0.15, 0.2) is 34.7 Å². The molecule has 0 radical (unpaired) electrons. The third-order valence-electron chi connectivity index (χ3n) is 8.69. The molecule has 2 saturated carbocycles. The summed E-state index contributed by atoms with van der Waals surface area (Å²) < 4.78 is 0. The first-order valence-corrected chi connectivity index (χ1v) is 13.5. The summed E-state index contributed by atoms with van der Waals surface area (Å²) >= 11 is 0. The van der Waals surface area contributed by atoms with E-state index in [-0.39, 0.29) is 37.1 Å². The van der Waals surface area contributed by atoms with Crippen LogP contribution in [0.4, 0.5) is 5.69 Å². The Hall–Kier alpha value is -3.68. The van der Waals surface area contributed by atoms with Gasteiger partial charge in [-0.1, -0.05) is 0 Å². The van der Waals surface area contributed by atoms with Crippen LogP contribution in [0.1, 0.15) is 40.7 Å². The molecule has 2 unspecified atom stereocenters. The highest BCUT2D eigenvalue weighted by Gasteiger charge is 2.69. The smallest absolute Gasteiger partial charge is 0.235 e. The molecule has 7 N–H and O–H groups in total. The quantitative estimate of drug-likeness (QED) is 0.166. The molecule has 3 aliphatic carbocycles. The third-order valence-corrected chi connectivity index (χ3v) is 8.69. The molecule has 6 atom stereocenters. The minimum Gasteiger partial charge on any atom is -0.507 e. The van der Waals surface area contributed by atoms with Crippen molar-refractivity contribution < 1.29 is 39.0 Å². The Kier molecular flexibility index (Phi) is 8.09. The van der Waals surface area contributed by atoms with Crippen LogP contribution in [0.3, 0.4) is 0 Å². The van der Waals surface area contributed by atoms with Gasteiger partial charge in [0, 0.05) is 44.2 Å². The lowest BCUT2D eigenvalue weighted by molar-refractivity contribution is -0.181. The zero-order valence-corrected chi connectivity index (χ0v) is 23.6. The summed E-state index contributed by atoms with van der Waals surface area (Å²) in [6.07, 6.45) is 0.838. The van der Waals surface area contributed by atoms with Crippen molar-refractivity contribution >= 4 is 40.6 Å². The molecule has 0 heterocycles. The summed E-state index contributed by atoms with van der Waals surface area (Å²) in [6.45, 7) is 0.586. The van der Waals surface area contributed by atoms with Crippen molar-refractivity contribution in [1.29, 1.82) is 0 Å². The summed E-state index contributed by atoms with van der Waals surface area (Å²) in [6, 6.07) is 0.596. The van der Waals surface area contributed by atoms with Crippen molar-refractivity contribution in [3.8, 4) is 5.75 Å². The monoisotopic (exact) mass is 571 g/mol. The Morgan fingerprint density at radius 3 is 2.32 bits per heavy atom. The Morgan fingerprint density at radius 1 is 1.10 bits per heavy atom. The first-order chi connectivity index (χ1) is 19.1. The molecule has 4 rings (SSSR count). The minimum absolute atomic E-state index is 0.0132. The van der Waals surface area contributed by atoms with Gasteiger partial charge < -0.3 is 31.9 Å². The van der Waals surface area contributed by atoms with Crippen molar-refractivity contribution in [3.63, 3.8) is 0 Å².